The van der Waals surface area contributed by atoms with Gasteiger partial charge in [-0.25, -0.2) is 15.0 Å². The van der Waals surface area contributed by atoms with Crippen LogP contribution in [0.4, 0.5) is 0 Å². The molecule has 0 fully saturated rings. The van der Waals surface area contributed by atoms with Crippen molar-refractivity contribution in [2.45, 2.75) is 0 Å². The molecule has 248 valence electrons. The smallest absolute Gasteiger partial charge is 0.164 e. The third kappa shape index (κ3) is 5.54. The van der Waals surface area contributed by atoms with Crippen LogP contribution in [0.5, 0.6) is 0 Å². The van der Waals surface area contributed by atoms with Gasteiger partial charge in [-0.05, 0) is 44.7 Å². The minimum absolute atomic E-state index is 0.601. The quantitative estimate of drug-likeness (QED) is 0.176. The number of rotatable bonds is 6. The average molecular weight is 678 g/mol. The first-order valence-corrected chi connectivity index (χ1v) is 17.8. The predicted octanol–water partition coefficient (Wildman–Crippen LogP) is 12.9. The molecule has 4 heteroatoms. The molecule has 10 aromatic rings. The zero-order valence-electron chi connectivity index (χ0n) is 28.6. The molecule has 2 aromatic heterocycles. The molecule has 0 atom stereocenters. The molecular weight excluding hydrogens is 647 g/mol. The summed E-state index contributed by atoms with van der Waals surface area (Å²) in [5, 5.41) is 4.30. The van der Waals surface area contributed by atoms with Crippen molar-refractivity contribution in [1.29, 1.82) is 0 Å². The van der Waals surface area contributed by atoms with Gasteiger partial charge in [0.2, 0.25) is 0 Å². The van der Waals surface area contributed by atoms with Gasteiger partial charge in [-0.2, -0.15) is 0 Å². The van der Waals surface area contributed by atoms with Crippen LogP contribution < -0.4 is 0 Å². The highest BCUT2D eigenvalue weighted by Gasteiger charge is 2.20. The maximum absolute atomic E-state index is 6.84. The van der Waals surface area contributed by atoms with Gasteiger partial charge in [0.05, 0.1) is 0 Å². The van der Waals surface area contributed by atoms with Gasteiger partial charge in [0, 0.05) is 33.0 Å². The molecule has 4 nitrogen and oxygen atoms in total. The van der Waals surface area contributed by atoms with E-state index in [2.05, 4.69) is 121 Å². The Bertz CT molecular complexity index is 2840. The van der Waals surface area contributed by atoms with Gasteiger partial charge in [-0.3, -0.25) is 0 Å². The van der Waals surface area contributed by atoms with Crippen molar-refractivity contribution >= 4 is 32.7 Å². The number of furan rings is 1. The summed E-state index contributed by atoms with van der Waals surface area (Å²) in [7, 11) is 0. The number of hydrogen-bond donors (Lipinski definition) is 0. The fraction of sp³-hybridized carbons (Fsp3) is 0. The van der Waals surface area contributed by atoms with E-state index in [0.717, 1.165) is 60.5 Å². The maximum Gasteiger partial charge on any atom is 0.164 e. The SMILES string of the molecule is c1ccc(-c2ccc(-c3ccc(-c4cccc5c4oc4cc(-c6nc(-c7ccccc7)nc(-c7ccccc7)n6)c6ccccc6c45)cc3)cc2)cc1. The zero-order valence-corrected chi connectivity index (χ0v) is 28.6. The number of benzene rings is 8. The Morgan fingerprint density at radius 3 is 1.30 bits per heavy atom. The van der Waals surface area contributed by atoms with Crippen LogP contribution in [0, 0.1) is 0 Å². The first-order chi connectivity index (χ1) is 26.3. The zero-order chi connectivity index (χ0) is 35.1. The molecule has 0 unspecified atom stereocenters. The van der Waals surface area contributed by atoms with Crippen LogP contribution in [0.2, 0.25) is 0 Å². The molecule has 10 rings (SSSR count). The Balaban J connectivity index is 1.09. The molecule has 0 radical (unpaired) electrons. The van der Waals surface area contributed by atoms with Crippen molar-refractivity contribution in [2.75, 3.05) is 0 Å². The second-order valence-electron chi connectivity index (χ2n) is 13.2. The molecule has 0 saturated heterocycles. The summed E-state index contributed by atoms with van der Waals surface area (Å²) in [6, 6.07) is 65.1. The van der Waals surface area contributed by atoms with Crippen molar-refractivity contribution in [3.63, 3.8) is 0 Å². The Morgan fingerprint density at radius 2 is 0.736 bits per heavy atom. The fourth-order valence-electron chi connectivity index (χ4n) is 7.33. The second-order valence-corrected chi connectivity index (χ2v) is 13.2. The Morgan fingerprint density at radius 1 is 0.302 bits per heavy atom. The molecule has 0 spiro atoms. The standard InChI is InChI=1S/C49H31N3O/c1-4-13-32(14-5-1)33-23-25-34(26-24-33)35-27-29-36(30-28-35)39-21-12-22-42-45-41-20-11-10-19-40(41)43(31-44(45)53-46(39)42)49-51-47(37-15-6-2-7-16-37)50-48(52-49)38-17-8-3-9-18-38/h1-31H. The minimum Gasteiger partial charge on any atom is -0.455 e. The van der Waals surface area contributed by atoms with Gasteiger partial charge >= 0.3 is 0 Å². The third-order valence-electron chi connectivity index (χ3n) is 9.97. The fourth-order valence-corrected chi connectivity index (χ4v) is 7.33. The molecule has 0 saturated carbocycles. The van der Waals surface area contributed by atoms with Crippen molar-refractivity contribution in [3.8, 4) is 67.5 Å². The van der Waals surface area contributed by atoms with Crippen molar-refractivity contribution in [1.82, 2.24) is 15.0 Å². The lowest BCUT2D eigenvalue weighted by Crippen LogP contribution is -2.00. The molecule has 0 aliphatic carbocycles. The number of nitrogens with zero attached hydrogens (tertiary/aromatic N) is 3. The maximum atomic E-state index is 6.84. The van der Waals surface area contributed by atoms with E-state index >= 15 is 0 Å². The van der Waals surface area contributed by atoms with E-state index in [4.69, 9.17) is 19.4 Å². The Labute approximate surface area is 306 Å². The van der Waals surface area contributed by atoms with Crippen LogP contribution in [-0.4, -0.2) is 15.0 Å². The van der Waals surface area contributed by atoms with E-state index < -0.39 is 0 Å². The number of aromatic nitrogens is 3. The van der Waals surface area contributed by atoms with Gasteiger partial charge in [-0.1, -0.05) is 182 Å². The van der Waals surface area contributed by atoms with Crippen LogP contribution in [0.3, 0.4) is 0 Å². The lowest BCUT2D eigenvalue weighted by Gasteiger charge is -2.11. The minimum atomic E-state index is 0.601. The van der Waals surface area contributed by atoms with Crippen LogP contribution in [0.1, 0.15) is 0 Å². The van der Waals surface area contributed by atoms with Gasteiger partial charge in [0.15, 0.2) is 17.5 Å². The van der Waals surface area contributed by atoms with Crippen LogP contribution in [0.15, 0.2) is 192 Å². The van der Waals surface area contributed by atoms with Crippen LogP contribution in [-0.2, 0) is 0 Å². The number of para-hydroxylation sites is 1. The molecule has 0 N–H and O–H groups in total. The molecular formula is C49H31N3O. The van der Waals surface area contributed by atoms with E-state index in [1.165, 1.54) is 22.3 Å². The second kappa shape index (κ2) is 12.9. The number of fused-ring (bicyclic) bond motifs is 5. The summed E-state index contributed by atoms with van der Waals surface area (Å²) < 4.78 is 6.84. The molecule has 0 bridgehead atoms. The lowest BCUT2D eigenvalue weighted by atomic mass is 9.96. The summed E-state index contributed by atoms with van der Waals surface area (Å²) in [5.41, 5.74) is 11.3. The van der Waals surface area contributed by atoms with E-state index in [1.54, 1.807) is 0 Å². The first-order valence-electron chi connectivity index (χ1n) is 17.8. The third-order valence-corrected chi connectivity index (χ3v) is 9.97. The highest BCUT2D eigenvalue weighted by Crippen LogP contribution is 2.42. The predicted molar refractivity (Wildman–Crippen MR) is 217 cm³/mol. The summed E-state index contributed by atoms with van der Waals surface area (Å²) in [4.78, 5) is 15.0. The largest absolute Gasteiger partial charge is 0.455 e. The topological polar surface area (TPSA) is 51.8 Å². The van der Waals surface area contributed by atoms with Gasteiger partial charge in [0.1, 0.15) is 11.2 Å². The first kappa shape index (κ1) is 30.6. The molecule has 0 amide bonds. The normalized spacial score (nSPS) is 11.4. The molecule has 8 aromatic carbocycles. The van der Waals surface area contributed by atoms with E-state index in [9.17, 15) is 0 Å². The van der Waals surface area contributed by atoms with Gasteiger partial charge in [0.25, 0.3) is 0 Å². The number of hydrogen-bond acceptors (Lipinski definition) is 4. The van der Waals surface area contributed by atoms with Gasteiger partial charge < -0.3 is 4.42 Å². The van der Waals surface area contributed by atoms with Crippen LogP contribution >= 0.6 is 0 Å². The summed E-state index contributed by atoms with van der Waals surface area (Å²) in [6.07, 6.45) is 0. The lowest BCUT2D eigenvalue weighted by molar-refractivity contribution is 0.670. The summed E-state index contributed by atoms with van der Waals surface area (Å²) in [5.74, 6) is 1.85. The van der Waals surface area contributed by atoms with E-state index in [1.807, 2.05) is 66.7 Å². The van der Waals surface area contributed by atoms with Crippen molar-refractivity contribution in [3.05, 3.63) is 188 Å². The highest BCUT2D eigenvalue weighted by molar-refractivity contribution is 6.23. The molecule has 0 aliphatic rings. The molecule has 53 heavy (non-hydrogen) atoms. The Hall–Kier alpha value is -7.17. The average Bonchev–Trinajstić information content (AvgIpc) is 3.63. The van der Waals surface area contributed by atoms with Gasteiger partial charge in [-0.15, -0.1) is 0 Å². The van der Waals surface area contributed by atoms with Crippen molar-refractivity contribution in [2.24, 2.45) is 0 Å². The van der Waals surface area contributed by atoms with Crippen molar-refractivity contribution < 1.29 is 4.42 Å². The molecule has 0 aliphatic heterocycles. The Kier molecular flexibility index (Phi) is 7.43. The monoisotopic (exact) mass is 677 g/mol. The van der Waals surface area contributed by atoms with E-state index in [-0.39, 0.29) is 0 Å². The van der Waals surface area contributed by atoms with Crippen LogP contribution in [0.25, 0.3) is 100 Å². The summed E-state index contributed by atoms with van der Waals surface area (Å²) in [6.45, 7) is 0. The highest BCUT2D eigenvalue weighted by atomic mass is 16.3. The summed E-state index contributed by atoms with van der Waals surface area (Å²) >= 11 is 0. The van der Waals surface area contributed by atoms with E-state index in [0.29, 0.717) is 17.5 Å². The molecule has 2 heterocycles.